The first kappa shape index (κ1) is 19.7. The smallest absolute Gasteiger partial charge is 0.329 e. The van der Waals surface area contributed by atoms with E-state index >= 15 is 0 Å². The van der Waals surface area contributed by atoms with E-state index in [4.69, 9.17) is 4.74 Å². The number of benzene rings is 1. The summed E-state index contributed by atoms with van der Waals surface area (Å²) >= 11 is 1.62. The van der Waals surface area contributed by atoms with E-state index in [-0.39, 0.29) is 22.5 Å². The summed E-state index contributed by atoms with van der Waals surface area (Å²) in [5, 5.41) is 11.2. The first-order chi connectivity index (χ1) is 12.9. The Labute approximate surface area is 162 Å². The molecule has 2 atom stereocenters. The van der Waals surface area contributed by atoms with E-state index in [2.05, 4.69) is 0 Å². The average molecular weight is 392 g/mol. The Morgan fingerprint density at radius 2 is 1.96 bits per heavy atom. The zero-order chi connectivity index (χ0) is 19.6. The monoisotopic (exact) mass is 392 g/mol. The molecule has 1 saturated heterocycles. The SMILES string of the molecule is COC(=O)C1CSC(C2CCCCC2)N1C(=O)c1ccc(C)c([N+](=O)[O-])c1. The normalized spacial score (nSPS) is 23.3. The molecule has 2 fully saturated rings. The predicted molar refractivity (Wildman–Crippen MR) is 103 cm³/mol. The number of nitro benzene ring substituents is 1. The van der Waals surface area contributed by atoms with E-state index in [1.165, 1.54) is 19.6 Å². The molecule has 7 nitrogen and oxygen atoms in total. The van der Waals surface area contributed by atoms with Gasteiger partial charge >= 0.3 is 5.97 Å². The highest BCUT2D eigenvalue weighted by atomic mass is 32.2. The summed E-state index contributed by atoms with van der Waals surface area (Å²) in [6.45, 7) is 1.64. The minimum atomic E-state index is -0.653. The molecule has 0 radical (unpaired) electrons. The average Bonchev–Trinajstić information content (AvgIpc) is 3.12. The van der Waals surface area contributed by atoms with Crippen molar-refractivity contribution in [2.75, 3.05) is 12.9 Å². The van der Waals surface area contributed by atoms with Crippen LogP contribution in [0, 0.1) is 23.0 Å². The van der Waals surface area contributed by atoms with Crippen molar-refractivity contribution >= 4 is 29.3 Å². The Morgan fingerprint density at radius 1 is 1.26 bits per heavy atom. The van der Waals surface area contributed by atoms with Gasteiger partial charge in [0, 0.05) is 22.9 Å². The Bertz CT molecular complexity index is 748. The van der Waals surface area contributed by atoms with Crippen molar-refractivity contribution in [2.45, 2.75) is 50.4 Å². The maximum Gasteiger partial charge on any atom is 0.329 e. The van der Waals surface area contributed by atoms with Crippen LogP contribution in [0.2, 0.25) is 0 Å². The summed E-state index contributed by atoms with van der Waals surface area (Å²) in [5.74, 6) is 0.0562. The number of nitro groups is 1. The molecule has 2 aliphatic rings. The van der Waals surface area contributed by atoms with Crippen LogP contribution in [0.15, 0.2) is 18.2 Å². The first-order valence-corrected chi connectivity index (χ1v) is 10.3. The Kier molecular flexibility index (Phi) is 6.04. The molecule has 3 rings (SSSR count). The molecule has 1 aromatic carbocycles. The number of carbonyl (C=O) groups is 2. The van der Waals surface area contributed by atoms with Crippen LogP contribution < -0.4 is 0 Å². The third-order valence-corrected chi connectivity index (χ3v) is 6.91. The van der Waals surface area contributed by atoms with Crippen LogP contribution in [-0.2, 0) is 9.53 Å². The minimum Gasteiger partial charge on any atom is -0.467 e. The summed E-state index contributed by atoms with van der Waals surface area (Å²) in [7, 11) is 1.32. The van der Waals surface area contributed by atoms with Gasteiger partial charge in [0.2, 0.25) is 0 Å². The van der Waals surface area contributed by atoms with Crippen molar-refractivity contribution in [2.24, 2.45) is 5.92 Å². The van der Waals surface area contributed by atoms with Crippen molar-refractivity contribution in [3.63, 3.8) is 0 Å². The first-order valence-electron chi connectivity index (χ1n) is 9.21. The van der Waals surface area contributed by atoms with E-state index in [1.807, 2.05) is 0 Å². The summed E-state index contributed by atoms with van der Waals surface area (Å²) in [6, 6.07) is 3.84. The van der Waals surface area contributed by atoms with Crippen molar-refractivity contribution in [1.29, 1.82) is 0 Å². The van der Waals surface area contributed by atoms with E-state index < -0.39 is 16.9 Å². The third-order valence-electron chi connectivity index (χ3n) is 5.45. The van der Waals surface area contributed by atoms with E-state index in [0.717, 1.165) is 25.7 Å². The molecule has 1 aliphatic heterocycles. The molecule has 0 N–H and O–H groups in total. The van der Waals surface area contributed by atoms with Gasteiger partial charge in [-0.25, -0.2) is 4.79 Å². The second kappa shape index (κ2) is 8.29. The van der Waals surface area contributed by atoms with Crippen molar-refractivity contribution in [1.82, 2.24) is 4.90 Å². The quantitative estimate of drug-likeness (QED) is 0.442. The highest BCUT2D eigenvalue weighted by Crippen LogP contribution is 2.41. The van der Waals surface area contributed by atoms with Crippen molar-refractivity contribution < 1.29 is 19.2 Å². The molecule has 1 aromatic rings. The molecule has 0 spiro atoms. The van der Waals surface area contributed by atoms with Crippen molar-refractivity contribution in [3.05, 3.63) is 39.4 Å². The lowest BCUT2D eigenvalue weighted by atomic mass is 9.88. The zero-order valence-corrected chi connectivity index (χ0v) is 16.4. The number of nitrogens with zero attached hydrogens (tertiary/aromatic N) is 2. The lowest BCUT2D eigenvalue weighted by Gasteiger charge is -2.35. The summed E-state index contributed by atoms with van der Waals surface area (Å²) in [4.78, 5) is 38.0. The summed E-state index contributed by atoms with van der Waals surface area (Å²) in [5.41, 5.74) is 0.654. The van der Waals surface area contributed by atoms with Crippen molar-refractivity contribution in [3.8, 4) is 0 Å². The topological polar surface area (TPSA) is 89.8 Å². The molecular weight excluding hydrogens is 368 g/mol. The van der Waals surface area contributed by atoms with Crippen LogP contribution in [-0.4, -0.2) is 46.0 Å². The van der Waals surface area contributed by atoms with Gasteiger partial charge in [-0.2, -0.15) is 0 Å². The maximum atomic E-state index is 13.3. The van der Waals surface area contributed by atoms with Crippen LogP contribution >= 0.6 is 11.8 Å². The molecule has 1 saturated carbocycles. The third kappa shape index (κ3) is 3.95. The largest absolute Gasteiger partial charge is 0.467 e. The second-order valence-electron chi connectivity index (χ2n) is 7.13. The lowest BCUT2D eigenvalue weighted by Crippen LogP contribution is -2.48. The number of hydrogen-bond acceptors (Lipinski definition) is 6. The van der Waals surface area contributed by atoms with Gasteiger partial charge in [-0.1, -0.05) is 25.3 Å². The second-order valence-corrected chi connectivity index (χ2v) is 8.28. The van der Waals surface area contributed by atoms with Crippen LogP contribution in [0.3, 0.4) is 0 Å². The van der Waals surface area contributed by atoms with Gasteiger partial charge < -0.3 is 9.64 Å². The fourth-order valence-electron chi connectivity index (χ4n) is 3.97. The number of carbonyl (C=O) groups excluding carboxylic acids is 2. The number of hydrogen-bond donors (Lipinski definition) is 0. The molecular formula is C19H24N2O5S. The number of rotatable bonds is 4. The number of aryl methyl sites for hydroxylation is 1. The summed E-state index contributed by atoms with van der Waals surface area (Å²) in [6.07, 6.45) is 5.52. The molecule has 1 amide bonds. The highest BCUT2D eigenvalue weighted by Gasteiger charge is 2.45. The molecule has 1 aliphatic carbocycles. The lowest BCUT2D eigenvalue weighted by molar-refractivity contribution is -0.385. The maximum absolute atomic E-state index is 13.3. The zero-order valence-electron chi connectivity index (χ0n) is 15.6. The van der Waals surface area contributed by atoms with E-state index in [1.54, 1.807) is 35.7 Å². The Morgan fingerprint density at radius 3 is 2.59 bits per heavy atom. The van der Waals surface area contributed by atoms with Crippen LogP contribution in [0.25, 0.3) is 0 Å². The Balaban J connectivity index is 1.94. The Hall–Kier alpha value is -2.09. The molecule has 146 valence electrons. The molecule has 27 heavy (non-hydrogen) atoms. The van der Waals surface area contributed by atoms with E-state index in [9.17, 15) is 19.7 Å². The molecule has 2 unspecified atom stereocenters. The molecule has 0 aromatic heterocycles. The van der Waals surface area contributed by atoms with E-state index in [0.29, 0.717) is 17.2 Å². The fourth-order valence-corrected chi connectivity index (χ4v) is 5.60. The van der Waals surface area contributed by atoms with Crippen LogP contribution in [0.5, 0.6) is 0 Å². The van der Waals surface area contributed by atoms with Gasteiger partial charge in [0.05, 0.1) is 17.4 Å². The molecule has 8 heteroatoms. The number of thioether (sulfide) groups is 1. The van der Waals surface area contributed by atoms with Gasteiger partial charge in [0.25, 0.3) is 11.6 Å². The van der Waals surface area contributed by atoms with Gasteiger partial charge in [-0.3, -0.25) is 14.9 Å². The predicted octanol–water partition coefficient (Wildman–Crippen LogP) is 3.54. The van der Waals surface area contributed by atoms with Gasteiger partial charge in [-0.05, 0) is 31.7 Å². The fraction of sp³-hybridized carbons (Fsp3) is 0.579. The number of ether oxygens (including phenoxy) is 1. The van der Waals surface area contributed by atoms with Gasteiger partial charge in [-0.15, -0.1) is 11.8 Å². The molecule has 0 bridgehead atoms. The van der Waals surface area contributed by atoms with Crippen LogP contribution in [0.4, 0.5) is 5.69 Å². The highest BCUT2D eigenvalue weighted by molar-refractivity contribution is 8.00. The number of esters is 1. The van der Waals surface area contributed by atoms with Crippen LogP contribution in [0.1, 0.15) is 48.0 Å². The number of methoxy groups -OCH3 is 1. The summed E-state index contributed by atoms with van der Waals surface area (Å²) < 4.78 is 4.91. The van der Waals surface area contributed by atoms with Gasteiger partial charge in [0.1, 0.15) is 6.04 Å². The minimum absolute atomic E-state index is 0.0865. The standard InChI is InChI=1S/C19H24N2O5S/c1-12-8-9-14(10-15(12)21(24)25)17(22)20-16(19(23)26-2)11-27-18(20)13-6-4-3-5-7-13/h8-10,13,16,18H,3-7,11H2,1-2H3. The number of amides is 1. The molecule has 1 heterocycles. The van der Waals surface area contributed by atoms with Gasteiger partial charge in [0.15, 0.2) is 0 Å².